The Labute approximate surface area is 110 Å². The van der Waals surface area contributed by atoms with E-state index in [1.807, 2.05) is 18.3 Å². The average Bonchev–Trinajstić information content (AvgIpc) is 2.40. The third-order valence-corrected chi connectivity index (χ3v) is 3.74. The second-order valence-corrected chi connectivity index (χ2v) is 5.02. The summed E-state index contributed by atoms with van der Waals surface area (Å²) in [5, 5.41) is 3.22. The molecule has 100 valence electrons. The molecule has 0 bridgehead atoms. The van der Waals surface area contributed by atoms with Gasteiger partial charge in [0.05, 0.1) is 0 Å². The van der Waals surface area contributed by atoms with Gasteiger partial charge in [0.15, 0.2) is 0 Å². The predicted octanol–water partition coefficient (Wildman–Crippen LogP) is 3.86. The first-order chi connectivity index (χ1) is 8.83. The summed E-state index contributed by atoms with van der Waals surface area (Å²) in [5.74, 6) is 2.57. The van der Waals surface area contributed by atoms with Crippen LogP contribution in [0.2, 0.25) is 0 Å². The van der Waals surface area contributed by atoms with Gasteiger partial charge in [0.1, 0.15) is 17.7 Å². The number of rotatable bonds is 5. The Hall–Kier alpha value is -1.25. The van der Waals surface area contributed by atoms with E-state index in [9.17, 15) is 0 Å². The van der Waals surface area contributed by atoms with Crippen molar-refractivity contribution in [3.8, 4) is 5.75 Å². The topological polar surface area (TPSA) is 34.1 Å². The van der Waals surface area contributed by atoms with E-state index >= 15 is 0 Å². The van der Waals surface area contributed by atoms with Gasteiger partial charge in [0, 0.05) is 18.8 Å². The molecular weight excluding hydrogens is 224 g/mol. The van der Waals surface area contributed by atoms with Gasteiger partial charge in [0.2, 0.25) is 0 Å². The normalized spacial score (nSPS) is 23.7. The number of ether oxygens (including phenoxy) is 1. The van der Waals surface area contributed by atoms with Crippen molar-refractivity contribution in [1.29, 1.82) is 0 Å². The molecular formula is C15H24N2O. The van der Waals surface area contributed by atoms with Crippen LogP contribution in [0.15, 0.2) is 18.3 Å². The maximum Gasteiger partial charge on any atom is 0.129 e. The van der Waals surface area contributed by atoms with Gasteiger partial charge in [-0.3, -0.25) is 0 Å². The zero-order chi connectivity index (χ0) is 12.8. The number of nitrogens with zero attached hydrogens (tertiary/aromatic N) is 1. The highest BCUT2D eigenvalue weighted by Gasteiger charge is 2.25. The zero-order valence-electron chi connectivity index (χ0n) is 11.5. The molecule has 1 N–H and O–H groups in total. The fraction of sp³-hybridized carbons (Fsp3) is 0.667. The second-order valence-electron chi connectivity index (χ2n) is 5.02. The highest BCUT2D eigenvalue weighted by Crippen LogP contribution is 2.30. The van der Waals surface area contributed by atoms with E-state index in [2.05, 4.69) is 24.1 Å². The van der Waals surface area contributed by atoms with Crippen molar-refractivity contribution in [2.45, 2.75) is 52.1 Å². The Balaban J connectivity index is 2.00. The molecule has 0 saturated heterocycles. The van der Waals surface area contributed by atoms with Gasteiger partial charge < -0.3 is 10.1 Å². The van der Waals surface area contributed by atoms with Gasteiger partial charge in [-0.15, -0.1) is 0 Å². The lowest BCUT2D eigenvalue weighted by Gasteiger charge is -2.31. The first-order valence-electron chi connectivity index (χ1n) is 7.20. The third-order valence-electron chi connectivity index (χ3n) is 3.74. The van der Waals surface area contributed by atoms with E-state index in [1.165, 1.54) is 32.1 Å². The van der Waals surface area contributed by atoms with Crippen LogP contribution in [-0.2, 0) is 0 Å². The first-order valence-corrected chi connectivity index (χ1v) is 7.20. The fourth-order valence-corrected chi connectivity index (χ4v) is 2.73. The lowest BCUT2D eigenvalue weighted by atomic mass is 9.85. The largest absolute Gasteiger partial charge is 0.490 e. The number of nitrogens with one attached hydrogen (secondary N) is 1. The van der Waals surface area contributed by atoms with Crippen LogP contribution in [0.3, 0.4) is 0 Å². The standard InChI is InChI=1S/C15H24N2O/c1-3-12-7-5-6-8-14(12)18-13-9-10-17-15(11-13)16-4-2/h9-12,14H,3-8H2,1-2H3,(H,16,17). The fourth-order valence-electron chi connectivity index (χ4n) is 2.73. The summed E-state index contributed by atoms with van der Waals surface area (Å²) in [4.78, 5) is 4.27. The minimum absolute atomic E-state index is 0.389. The van der Waals surface area contributed by atoms with Crippen molar-refractivity contribution in [3.63, 3.8) is 0 Å². The molecule has 0 aliphatic heterocycles. The lowest BCUT2D eigenvalue weighted by molar-refractivity contribution is 0.0904. The average molecular weight is 248 g/mol. The molecule has 0 amide bonds. The maximum atomic E-state index is 6.17. The molecule has 0 radical (unpaired) electrons. The first kappa shape index (κ1) is 13.2. The van der Waals surface area contributed by atoms with Crippen molar-refractivity contribution in [2.75, 3.05) is 11.9 Å². The monoisotopic (exact) mass is 248 g/mol. The van der Waals surface area contributed by atoms with Gasteiger partial charge in [-0.25, -0.2) is 4.98 Å². The summed E-state index contributed by atoms with van der Waals surface area (Å²) in [6.45, 7) is 5.23. The van der Waals surface area contributed by atoms with Crippen molar-refractivity contribution < 1.29 is 4.74 Å². The smallest absolute Gasteiger partial charge is 0.129 e. The summed E-state index contributed by atoms with van der Waals surface area (Å²) in [6, 6.07) is 3.97. The highest BCUT2D eigenvalue weighted by atomic mass is 16.5. The van der Waals surface area contributed by atoms with E-state index in [0.29, 0.717) is 6.10 Å². The number of anilines is 1. The quantitative estimate of drug-likeness (QED) is 0.859. The lowest BCUT2D eigenvalue weighted by Crippen LogP contribution is -2.29. The minimum atomic E-state index is 0.389. The molecule has 3 heteroatoms. The van der Waals surface area contributed by atoms with Gasteiger partial charge >= 0.3 is 0 Å². The Morgan fingerprint density at radius 1 is 1.33 bits per heavy atom. The van der Waals surface area contributed by atoms with Gasteiger partial charge in [-0.05, 0) is 44.6 Å². The van der Waals surface area contributed by atoms with Crippen LogP contribution >= 0.6 is 0 Å². The van der Waals surface area contributed by atoms with Crippen LogP contribution in [0.1, 0.15) is 46.0 Å². The molecule has 3 nitrogen and oxygen atoms in total. The second kappa shape index (κ2) is 6.62. The Morgan fingerprint density at radius 3 is 2.94 bits per heavy atom. The third kappa shape index (κ3) is 3.37. The summed E-state index contributed by atoms with van der Waals surface area (Å²) in [7, 11) is 0. The van der Waals surface area contributed by atoms with Crippen molar-refractivity contribution in [1.82, 2.24) is 4.98 Å². The van der Waals surface area contributed by atoms with Crippen LogP contribution in [-0.4, -0.2) is 17.6 Å². The molecule has 1 aromatic rings. The summed E-state index contributed by atoms with van der Waals surface area (Å²) in [5.41, 5.74) is 0. The van der Waals surface area contributed by atoms with Crippen molar-refractivity contribution >= 4 is 5.82 Å². The molecule has 1 saturated carbocycles. The number of hydrogen-bond acceptors (Lipinski definition) is 3. The van der Waals surface area contributed by atoms with Crippen LogP contribution in [0.5, 0.6) is 5.75 Å². The van der Waals surface area contributed by atoms with Crippen molar-refractivity contribution in [2.24, 2.45) is 5.92 Å². The zero-order valence-corrected chi connectivity index (χ0v) is 11.5. The number of aromatic nitrogens is 1. The molecule has 0 aromatic carbocycles. The maximum absolute atomic E-state index is 6.17. The Kier molecular flexibility index (Phi) is 4.85. The molecule has 1 aliphatic rings. The van der Waals surface area contributed by atoms with Crippen LogP contribution in [0.4, 0.5) is 5.82 Å². The van der Waals surface area contributed by atoms with E-state index in [1.54, 1.807) is 0 Å². The SMILES string of the molecule is CCNc1cc(OC2CCCCC2CC)ccn1. The van der Waals surface area contributed by atoms with Crippen molar-refractivity contribution in [3.05, 3.63) is 18.3 Å². The molecule has 2 rings (SSSR count). The summed E-state index contributed by atoms with van der Waals surface area (Å²) >= 11 is 0. The predicted molar refractivity (Wildman–Crippen MR) is 75.1 cm³/mol. The Morgan fingerprint density at radius 2 is 2.17 bits per heavy atom. The van der Waals surface area contributed by atoms with Crippen LogP contribution in [0, 0.1) is 5.92 Å². The molecule has 1 aromatic heterocycles. The Bertz CT molecular complexity index is 367. The molecule has 1 aliphatic carbocycles. The van der Waals surface area contributed by atoms with Gasteiger partial charge in [0.25, 0.3) is 0 Å². The molecule has 2 atom stereocenters. The van der Waals surface area contributed by atoms with E-state index in [0.717, 1.165) is 24.0 Å². The molecule has 18 heavy (non-hydrogen) atoms. The molecule has 1 fully saturated rings. The number of pyridine rings is 1. The molecule has 2 unspecified atom stereocenters. The van der Waals surface area contributed by atoms with Gasteiger partial charge in [-0.2, -0.15) is 0 Å². The summed E-state index contributed by atoms with van der Waals surface area (Å²) in [6.07, 6.45) is 8.58. The van der Waals surface area contributed by atoms with Crippen LogP contribution < -0.4 is 10.1 Å². The van der Waals surface area contributed by atoms with E-state index in [-0.39, 0.29) is 0 Å². The van der Waals surface area contributed by atoms with Crippen LogP contribution in [0.25, 0.3) is 0 Å². The molecule has 0 spiro atoms. The highest BCUT2D eigenvalue weighted by molar-refractivity contribution is 5.40. The van der Waals surface area contributed by atoms with Gasteiger partial charge in [-0.1, -0.05) is 13.3 Å². The number of hydrogen-bond donors (Lipinski definition) is 1. The molecule has 1 heterocycles. The van der Waals surface area contributed by atoms with E-state index in [4.69, 9.17) is 4.74 Å². The minimum Gasteiger partial charge on any atom is -0.490 e. The summed E-state index contributed by atoms with van der Waals surface area (Å²) < 4.78 is 6.17. The van der Waals surface area contributed by atoms with E-state index < -0.39 is 0 Å².